The van der Waals surface area contributed by atoms with Crippen LogP contribution in [0.25, 0.3) is 0 Å². The lowest BCUT2D eigenvalue weighted by Gasteiger charge is -2.03. The summed E-state index contributed by atoms with van der Waals surface area (Å²) in [6.45, 7) is 3.55. The topological polar surface area (TPSA) is 64.1 Å². The second kappa shape index (κ2) is 7.54. The maximum atomic E-state index is 11.0. The minimum atomic E-state index is -0.155. The summed E-state index contributed by atoms with van der Waals surface area (Å²) in [6.07, 6.45) is 1.18. The first kappa shape index (κ1) is 13.3. The lowest BCUT2D eigenvalue weighted by molar-refractivity contribution is -0.143. The van der Waals surface area contributed by atoms with Crippen molar-refractivity contribution in [3.63, 3.8) is 0 Å². The van der Waals surface area contributed by atoms with Crippen LogP contribution in [0.2, 0.25) is 4.34 Å². The van der Waals surface area contributed by atoms with Gasteiger partial charge in [-0.05, 0) is 19.9 Å². The number of nitrogens with zero attached hydrogens (tertiary/aromatic N) is 2. The van der Waals surface area contributed by atoms with Gasteiger partial charge < -0.3 is 10.1 Å². The summed E-state index contributed by atoms with van der Waals surface area (Å²) in [4.78, 5) is 11.0. The molecule has 0 fully saturated rings. The minimum Gasteiger partial charge on any atom is -0.466 e. The van der Waals surface area contributed by atoms with Crippen LogP contribution in [-0.2, 0) is 16.1 Å². The van der Waals surface area contributed by atoms with Crippen LogP contribution in [0.4, 0.5) is 0 Å². The van der Waals surface area contributed by atoms with E-state index in [2.05, 4.69) is 14.9 Å². The molecule has 0 spiro atoms. The van der Waals surface area contributed by atoms with Crippen LogP contribution < -0.4 is 5.32 Å². The lowest BCUT2D eigenvalue weighted by atomic mass is 10.3. The molecule has 0 aliphatic heterocycles. The third-order valence-corrected chi connectivity index (χ3v) is 2.83. The maximum Gasteiger partial charge on any atom is 0.305 e. The van der Waals surface area contributed by atoms with Gasteiger partial charge in [-0.3, -0.25) is 4.79 Å². The van der Waals surface area contributed by atoms with Gasteiger partial charge in [-0.1, -0.05) is 16.1 Å². The highest BCUT2D eigenvalue weighted by molar-refractivity contribution is 7.10. The number of halogens is 1. The summed E-state index contributed by atoms with van der Waals surface area (Å²) in [5.41, 5.74) is 0.753. The van der Waals surface area contributed by atoms with Crippen LogP contribution in [-0.4, -0.2) is 28.7 Å². The van der Waals surface area contributed by atoms with Gasteiger partial charge in [-0.15, -0.1) is 5.10 Å². The second-order valence-corrected chi connectivity index (χ2v) is 4.43. The van der Waals surface area contributed by atoms with Crippen molar-refractivity contribution in [3.8, 4) is 0 Å². The van der Waals surface area contributed by atoms with Gasteiger partial charge in [0.15, 0.2) is 0 Å². The van der Waals surface area contributed by atoms with Gasteiger partial charge >= 0.3 is 5.97 Å². The van der Waals surface area contributed by atoms with Crippen molar-refractivity contribution in [2.24, 2.45) is 0 Å². The van der Waals surface area contributed by atoms with Crippen LogP contribution in [0.5, 0.6) is 0 Å². The van der Waals surface area contributed by atoms with Gasteiger partial charge in [0.25, 0.3) is 0 Å². The molecule has 90 valence electrons. The Morgan fingerprint density at radius 3 is 3.06 bits per heavy atom. The van der Waals surface area contributed by atoms with E-state index < -0.39 is 0 Å². The third-order valence-electron chi connectivity index (χ3n) is 1.84. The van der Waals surface area contributed by atoms with Crippen molar-refractivity contribution in [1.82, 2.24) is 14.9 Å². The molecule has 7 heteroatoms. The number of rotatable bonds is 7. The molecule has 0 amide bonds. The van der Waals surface area contributed by atoms with Gasteiger partial charge in [0, 0.05) is 24.5 Å². The number of esters is 1. The van der Waals surface area contributed by atoms with E-state index in [9.17, 15) is 4.79 Å². The Morgan fingerprint density at radius 2 is 2.44 bits per heavy atom. The van der Waals surface area contributed by atoms with E-state index in [0.717, 1.165) is 18.7 Å². The molecule has 0 radical (unpaired) electrons. The number of carbonyl (C=O) groups excluding carboxylic acids is 1. The van der Waals surface area contributed by atoms with Crippen molar-refractivity contribution >= 4 is 29.1 Å². The van der Waals surface area contributed by atoms with E-state index in [1.165, 1.54) is 11.5 Å². The summed E-state index contributed by atoms with van der Waals surface area (Å²) < 4.78 is 9.13. The van der Waals surface area contributed by atoms with E-state index in [1.54, 1.807) is 6.92 Å². The zero-order valence-corrected chi connectivity index (χ0v) is 10.6. The highest BCUT2D eigenvalue weighted by Gasteiger charge is 2.04. The fourth-order valence-corrected chi connectivity index (χ4v) is 1.73. The molecule has 0 aliphatic carbocycles. The zero-order valence-electron chi connectivity index (χ0n) is 9.03. The smallest absolute Gasteiger partial charge is 0.305 e. The summed E-state index contributed by atoms with van der Waals surface area (Å²) in [7, 11) is 0. The lowest BCUT2D eigenvalue weighted by Crippen LogP contribution is -2.16. The molecule has 16 heavy (non-hydrogen) atoms. The molecule has 1 aromatic rings. The molecule has 0 bridgehead atoms. The normalized spacial score (nSPS) is 10.4. The fourth-order valence-electron chi connectivity index (χ4n) is 1.10. The Hall–Kier alpha value is -0.720. The molecule has 1 rings (SSSR count). The van der Waals surface area contributed by atoms with Crippen molar-refractivity contribution in [1.29, 1.82) is 0 Å². The Kier molecular flexibility index (Phi) is 6.29. The number of aromatic nitrogens is 2. The van der Waals surface area contributed by atoms with Gasteiger partial charge in [0.05, 0.1) is 6.61 Å². The van der Waals surface area contributed by atoms with Crippen LogP contribution in [0.3, 0.4) is 0 Å². The average molecular weight is 264 g/mol. The zero-order chi connectivity index (χ0) is 11.8. The predicted molar refractivity (Wildman–Crippen MR) is 62.5 cm³/mol. The molecule has 5 nitrogen and oxygen atoms in total. The van der Waals surface area contributed by atoms with Crippen molar-refractivity contribution in [2.45, 2.75) is 26.3 Å². The molecule has 1 aromatic heterocycles. The van der Waals surface area contributed by atoms with Crippen molar-refractivity contribution in [2.75, 3.05) is 13.2 Å². The predicted octanol–water partition coefficient (Wildman–Crippen LogP) is 1.62. The Morgan fingerprint density at radius 1 is 1.62 bits per heavy atom. The van der Waals surface area contributed by atoms with Gasteiger partial charge in [0.2, 0.25) is 0 Å². The van der Waals surface area contributed by atoms with E-state index in [0.29, 0.717) is 23.9 Å². The summed E-state index contributed by atoms with van der Waals surface area (Å²) >= 11 is 6.99. The molecule has 0 aliphatic rings. The van der Waals surface area contributed by atoms with E-state index in [-0.39, 0.29) is 5.97 Å². The van der Waals surface area contributed by atoms with Gasteiger partial charge in [0.1, 0.15) is 10.0 Å². The number of hydrogen-bond donors (Lipinski definition) is 1. The van der Waals surface area contributed by atoms with Crippen LogP contribution in [0.15, 0.2) is 0 Å². The Balaban J connectivity index is 2.04. The van der Waals surface area contributed by atoms with E-state index in [4.69, 9.17) is 16.3 Å². The molecule has 1 heterocycles. The Bertz CT molecular complexity index is 332. The quantitative estimate of drug-likeness (QED) is 0.598. The van der Waals surface area contributed by atoms with E-state index >= 15 is 0 Å². The third kappa shape index (κ3) is 4.87. The Labute approximate surface area is 103 Å². The summed E-state index contributed by atoms with van der Waals surface area (Å²) in [5, 5.41) is 7.00. The average Bonchev–Trinajstić information content (AvgIpc) is 2.64. The first-order valence-electron chi connectivity index (χ1n) is 5.07. The monoisotopic (exact) mass is 263 g/mol. The van der Waals surface area contributed by atoms with Crippen molar-refractivity contribution in [3.05, 3.63) is 10.0 Å². The second-order valence-electron chi connectivity index (χ2n) is 3.08. The molecule has 0 saturated heterocycles. The number of nitrogens with one attached hydrogen (secondary N) is 1. The number of carbonyl (C=O) groups is 1. The van der Waals surface area contributed by atoms with Crippen LogP contribution in [0.1, 0.15) is 25.5 Å². The summed E-state index contributed by atoms with van der Waals surface area (Å²) in [5.74, 6) is -0.155. The van der Waals surface area contributed by atoms with Crippen LogP contribution in [0, 0.1) is 0 Å². The molecular weight excluding hydrogens is 250 g/mol. The van der Waals surface area contributed by atoms with E-state index in [1.807, 2.05) is 0 Å². The first-order valence-corrected chi connectivity index (χ1v) is 6.22. The molecule has 0 unspecified atom stereocenters. The molecule has 0 saturated carbocycles. The first-order chi connectivity index (χ1) is 7.74. The fraction of sp³-hybridized carbons (Fsp3) is 0.667. The largest absolute Gasteiger partial charge is 0.466 e. The van der Waals surface area contributed by atoms with Crippen molar-refractivity contribution < 1.29 is 9.53 Å². The minimum absolute atomic E-state index is 0.155. The van der Waals surface area contributed by atoms with Gasteiger partial charge in [-0.2, -0.15) is 0 Å². The highest BCUT2D eigenvalue weighted by atomic mass is 35.5. The number of ether oxygens (including phenoxy) is 1. The molecule has 0 aromatic carbocycles. The van der Waals surface area contributed by atoms with Crippen LogP contribution >= 0.6 is 23.1 Å². The van der Waals surface area contributed by atoms with Gasteiger partial charge in [-0.25, -0.2) is 0 Å². The number of hydrogen-bond acceptors (Lipinski definition) is 6. The SMILES string of the molecule is CCOC(=O)CCCNCc1nnsc1Cl. The highest BCUT2D eigenvalue weighted by Crippen LogP contribution is 2.16. The standard InChI is InChI=1S/C9H14ClN3O2S/c1-2-15-8(14)4-3-5-11-6-7-9(10)16-13-12-7/h11H,2-6H2,1H3. The molecular formula is C9H14ClN3O2S. The maximum absolute atomic E-state index is 11.0. The molecule has 0 atom stereocenters. The summed E-state index contributed by atoms with van der Waals surface area (Å²) in [6, 6.07) is 0. The molecule has 1 N–H and O–H groups in total.